The molecule has 0 fully saturated rings. The topological polar surface area (TPSA) is 67.3 Å². The van der Waals surface area contributed by atoms with Gasteiger partial charge in [0, 0.05) is 6.54 Å². The van der Waals surface area contributed by atoms with E-state index < -0.39 is 0 Å². The first-order chi connectivity index (χ1) is 10.7. The molecule has 3 rings (SSSR count). The molecule has 0 saturated heterocycles. The number of phenolic OH excluding ortho intramolecular Hbond substituents is 1. The highest BCUT2D eigenvalue weighted by Gasteiger charge is 2.07. The second-order valence-corrected chi connectivity index (χ2v) is 5.84. The number of fused-ring (bicyclic) bond motifs is 1. The van der Waals surface area contributed by atoms with Gasteiger partial charge in [-0.05, 0) is 42.5 Å². The highest BCUT2D eigenvalue weighted by atomic mass is 32.1. The van der Waals surface area contributed by atoms with E-state index in [1.54, 1.807) is 30.6 Å². The number of aryl methyl sites for hydroxylation is 1. The average molecular weight is 315 g/mol. The van der Waals surface area contributed by atoms with E-state index in [1.165, 1.54) is 0 Å². The molecule has 0 aliphatic heterocycles. The number of aromatic hydroxyl groups is 1. The molecule has 1 aromatic carbocycles. The minimum absolute atomic E-state index is 0.165. The third-order valence-corrected chi connectivity index (χ3v) is 4.19. The molecule has 0 spiro atoms. The Labute approximate surface area is 132 Å². The number of nitrogens with zero attached hydrogens (tertiary/aromatic N) is 2. The maximum atomic E-state index is 9.79. The van der Waals surface area contributed by atoms with Crippen molar-refractivity contribution in [3.8, 4) is 11.5 Å². The Morgan fingerprint density at radius 2 is 2.14 bits per heavy atom. The van der Waals surface area contributed by atoms with Crippen LogP contribution in [0.2, 0.25) is 0 Å². The Morgan fingerprint density at radius 1 is 1.27 bits per heavy atom. The molecule has 0 bridgehead atoms. The summed E-state index contributed by atoms with van der Waals surface area (Å²) in [6.07, 6.45) is 0.784. The van der Waals surface area contributed by atoms with Gasteiger partial charge in [0.2, 0.25) is 0 Å². The monoisotopic (exact) mass is 315 g/mol. The smallest absolute Gasteiger partial charge is 0.160 e. The number of hydrogen-bond acceptors (Lipinski definition) is 6. The number of thiophene rings is 1. The van der Waals surface area contributed by atoms with Crippen LogP contribution in [0.1, 0.15) is 11.4 Å². The van der Waals surface area contributed by atoms with Gasteiger partial charge in [-0.3, -0.25) is 0 Å². The number of benzene rings is 1. The van der Waals surface area contributed by atoms with Gasteiger partial charge in [-0.1, -0.05) is 6.07 Å². The largest absolute Gasteiger partial charge is 0.504 e. The van der Waals surface area contributed by atoms with Gasteiger partial charge >= 0.3 is 0 Å². The molecule has 3 aromatic rings. The quantitative estimate of drug-likeness (QED) is 0.755. The fourth-order valence-corrected chi connectivity index (χ4v) is 3.12. The second kappa shape index (κ2) is 6.19. The van der Waals surface area contributed by atoms with Crippen molar-refractivity contribution in [1.29, 1.82) is 0 Å². The van der Waals surface area contributed by atoms with Crippen LogP contribution in [0.4, 0.5) is 5.82 Å². The molecule has 22 heavy (non-hydrogen) atoms. The summed E-state index contributed by atoms with van der Waals surface area (Å²) in [4.78, 5) is 9.88. The Kier molecular flexibility index (Phi) is 4.11. The lowest BCUT2D eigenvalue weighted by atomic mass is 10.1. The van der Waals surface area contributed by atoms with Gasteiger partial charge in [-0.2, -0.15) is 0 Å². The second-order valence-electron chi connectivity index (χ2n) is 4.94. The molecule has 6 heteroatoms. The van der Waals surface area contributed by atoms with Crippen LogP contribution >= 0.6 is 11.3 Å². The lowest BCUT2D eigenvalue weighted by molar-refractivity contribution is 0.373. The summed E-state index contributed by atoms with van der Waals surface area (Å²) in [6.45, 7) is 2.62. The zero-order valence-corrected chi connectivity index (χ0v) is 13.3. The van der Waals surface area contributed by atoms with Crippen molar-refractivity contribution in [3.05, 3.63) is 41.0 Å². The molecule has 2 heterocycles. The molecule has 114 valence electrons. The van der Waals surface area contributed by atoms with Crippen LogP contribution in [0.15, 0.2) is 29.6 Å². The average Bonchev–Trinajstić information content (AvgIpc) is 2.95. The maximum absolute atomic E-state index is 9.79. The Balaban J connectivity index is 1.69. The summed E-state index contributed by atoms with van der Waals surface area (Å²) in [5.41, 5.74) is 1.04. The van der Waals surface area contributed by atoms with Gasteiger partial charge in [0.05, 0.1) is 12.5 Å². The van der Waals surface area contributed by atoms with E-state index >= 15 is 0 Å². The van der Waals surface area contributed by atoms with Crippen LogP contribution in [-0.2, 0) is 6.42 Å². The molecule has 0 atom stereocenters. The fourth-order valence-electron chi connectivity index (χ4n) is 2.31. The van der Waals surface area contributed by atoms with Crippen LogP contribution in [-0.4, -0.2) is 28.7 Å². The van der Waals surface area contributed by atoms with Crippen molar-refractivity contribution in [1.82, 2.24) is 9.97 Å². The molecule has 0 aliphatic rings. The fraction of sp³-hybridized carbons (Fsp3) is 0.250. The van der Waals surface area contributed by atoms with Gasteiger partial charge in [0.1, 0.15) is 16.5 Å². The summed E-state index contributed by atoms with van der Waals surface area (Å²) in [5, 5.41) is 16.2. The number of methoxy groups -OCH3 is 1. The minimum Gasteiger partial charge on any atom is -0.504 e. The van der Waals surface area contributed by atoms with E-state index in [2.05, 4.69) is 15.3 Å². The predicted octanol–water partition coefficient (Wildman–Crippen LogP) is 3.37. The lowest BCUT2D eigenvalue weighted by Gasteiger charge is -2.09. The molecule has 0 aliphatic carbocycles. The number of ether oxygens (including phenoxy) is 1. The van der Waals surface area contributed by atoms with Crippen molar-refractivity contribution in [2.24, 2.45) is 0 Å². The van der Waals surface area contributed by atoms with E-state index in [4.69, 9.17) is 4.74 Å². The Hall–Kier alpha value is -2.34. The molecule has 5 nitrogen and oxygen atoms in total. The van der Waals surface area contributed by atoms with Gasteiger partial charge in [-0.25, -0.2) is 9.97 Å². The first-order valence-corrected chi connectivity index (χ1v) is 7.87. The van der Waals surface area contributed by atoms with Crippen LogP contribution in [0.5, 0.6) is 11.5 Å². The first-order valence-electron chi connectivity index (χ1n) is 6.99. The van der Waals surface area contributed by atoms with Crippen molar-refractivity contribution < 1.29 is 9.84 Å². The molecule has 0 radical (unpaired) electrons. The zero-order chi connectivity index (χ0) is 15.5. The first kappa shape index (κ1) is 14.6. The number of anilines is 1. The number of phenols is 1. The van der Waals surface area contributed by atoms with Gasteiger partial charge in [0.25, 0.3) is 0 Å². The van der Waals surface area contributed by atoms with Crippen LogP contribution in [0, 0.1) is 6.92 Å². The van der Waals surface area contributed by atoms with Crippen molar-refractivity contribution >= 4 is 27.4 Å². The molecule has 0 amide bonds. The van der Waals surface area contributed by atoms with Crippen molar-refractivity contribution in [3.63, 3.8) is 0 Å². The maximum Gasteiger partial charge on any atom is 0.160 e. The molecule has 0 saturated carbocycles. The summed E-state index contributed by atoms with van der Waals surface area (Å²) >= 11 is 1.61. The van der Waals surface area contributed by atoms with Crippen molar-refractivity contribution in [2.45, 2.75) is 13.3 Å². The normalized spacial score (nSPS) is 10.8. The van der Waals surface area contributed by atoms with Crippen LogP contribution in [0.3, 0.4) is 0 Å². The van der Waals surface area contributed by atoms with Gasteiger partial charge < -0.3 is 15.2 Å². The minimum atomic E-state index is 0.165. The molecule has 2 aromatic heterocycles. The van der Waals surface area contributed by atoms with E-state index in [1.807, 2.05) is 24.4 Å². The molecular weight excluding hydrogens is 298 g/mol. The highest BCUT2D eigenvalue weighted by Crippen LogP contribution is 2.27. The third kappa shape index (κ3) is 2.96. The number of aromatic nitrogens is 2. The SMILES string of the molecule is COc1ccc(CCNc2nc(C)nc3sccc23)cc1O. The summed E-state index contributed by atoms with van der Waals surface area (Å²) in [5.74, 6) is 2.28. The van der Waals surface area contributed by atoms with Crippen LogP contribution < -0.4 is 10.1 Å². The predicted molar refractivity (Wildman–Crippen MR) is 89.0 cm³/mol. The number of rotatable bonds is 5. The van der Waals surface area contributed by atoms with Gasteiger partial charge in [-0.15, -0.1) is 11.3 Å². The van der Waals surface area contributed by atoms with Crippen LogP contribution in [0.25, 0.3) is 10.2 Å². The molecule has 2 N–H and O–H groups in total. The lowest BCUT2D eigenvalue weighted by Crippen LogP contribution is -2.07. The standard InChI is InChI=1S/C16H17N3O2S/c1-10-18-15(12-6-8-22-16(12)19-10)17-7-5-11-3-4-14(21-2)13(20)9-11/h3-4,6,8-9,20H,5,7H2,1-2H3,(H,17,18,19). The van der Waals surface area contributed by atoms with E-state index in [0.717, 1.165) is 40.4 Å². The summed E-state index contributed by atoms with van der Waals surface area (Å²) < 4.78 is 5.04. The Morgan fingerprint density at radius 3 is 2.91 bits per heavy atom. The molecular formula is C16H17N3O2S. The van der Waals surface area contributed by atoms with E-state index in [-0.39, 0.29) is 5.75 Å². The Bertz CT molecular complexity index is 801. The highest BCUT2D eigenvalue weighted by molar-refractivity contribution is 7.16. The summed E-state index contributed by atoms with van der Waals surface area (Å²) in [7, 11) is 1.54. The van der Waals surface area contributed by atoms with E-state index in [9.17, 15) is 5.11 Å². The van der Waals surface area contributed by atoms with E-state index in [0.29, 0.717) is 5.75 Å². The molecule has 0 unspecified atom stereocenters. The zero-order valence-electron chi connectivity index (χ0n) is 12.5. The summed E-state index contributed by atoms with van der Waals surface area (Å²) in [6, 6.07) is 7.48. The van der Waals surface area contributed by atoms with Gasteiger partial charge in [0.15, 0.2) is 11.5 Å². The number of hydrogen-bond donors (Lipinski definition) is 2. The number of nitrogens with one attached hydrogen (secondary N) is 1. The third-order valence-electron chi connectivity index (χ3n) is 3.39. The van der Waals surface area contributed by atoms with Crippen molar-refractivity contribution in [2.75, 3.05) is 19.0 Å².